The third-order valence-corrected chi connectivity index (χ3v) is 5.52. The van der Waals surface area contributed by atoms with E-state index in [1.54, 1.807) is 36.1 Å². The van der Waals surface area contributed by atoms with E-state index in [-0.39, 0.29) is 0 Å². The van der Waals surface area contributed by atoms with E-state index >= 15 is 0 Å². The maximum Gasteiger partial charge on any atom is 0.188 e. The zero-order chi connectivity index (χ0) is 20.6. The van der Waals surface area contributed by atoms with Gasteiger partial charge in [-0.25, -0.2) is 0 Å². The Morgan fingerprint density at radius 1 is 0.759 bits per heavy atom. The van der Waals surface area contributed by atoms with Crippen molar-refractivity contribution < 1.29 is 9.05 Å². The maximum atomic E-state index is 7.82. The average molecular weight is 441 g/mol. The quantitative estimate of drug-likeness (QED) is 0.145. The summed E-state index contributed by atoms with van der Waals surface area (Å²) in [4.78, 5) is 0. The number of aromatic nitrogens is 2. The Morgan fingerprint density at radius 3 is 1.62 bits per heavy atom. The minimum absolute atomic E-state index is 0.323. The molecule has 0 aliphatic rings. The summed E-state index contributed by atoms with van der Waals surface area (Å²) in [6.45, 7) is 2.78. The first kappa shape index (κ1) is 22.9. The van der Waals surface area contributed by atoms with Gasteiger partial charge in [0.05, 0.1) is 11.4 Å². The van der Waals surface area contributed by atoms with Crippen LogP contribution in [0.2, 0.25) is 0 Å². The van der Waals surface area contributed by atoms with Gasteiger partial charge >= 0.3 is 0 Å². The molecule has 0 bridgehead atoms. The van der Waals surface area contributed by atoms with Crippen LogP contribution in [0.4, 0.5) is 0 Å². The van der Waals surface area contributed by atoms with E-state index in [1.807, 2.05) is 12.1 Å². The van der Waals surface area contributed by atoms with Gasteiger partial charge in [-0.2, -0.15) is 23.5 Å². The number of hydrogen-bond acceptors (Lipinski definition) is 8. The zero-order valence-electron chi connectivity index (χ0n) is 16.2. The molecule has 0 atom stereocenters. The molecule has 2 aromatic heterocycles. The van der Waals surface area contributed by atoms with Crippen molar-refractivity contribution in [3.05, 3.63) is 36.0 Å². The Kier molecular flexibility index (Phi) is 11.6. The zero-order valence-corrected chi connectivity index (χ0v) is 17.8. The second kappa shape index (κ2) is 14.6. The van der Waals surface area contributed by atoms with Gasteiger partial charge in [0.15, 0.2) is 11.9 Å². The van der Waals surface area contributed by atoms with E-state index in [0.29, 0.717) is 25.0 Å². The Hall–Kier alpha value is -2.34. The molecule has 29 heavy (non-hydrogen) atoms. The molecular weight excluding hydrogens is 412 g/mol. The minimum Gasteiger partial charge on any atom is -0.364 e. The molecule has 0 saturated heterocycles. The highest BCUT2D eigenvalue weighted by Crippen LogP contribution is 2.09. The van der Waals surface area contributed by atoms with Crippen LogP contribution < -0.4 is 21.3 Å². The van der Waals surface area contributed by atoms with Crippen LogP contribution in [0.5, 0.6) is 0 Å². The normalized spacial score (nSPS) is 10.5. The molecule has 0 radical (unpaired) electrons. The van der Waals surface area contributed by atoms with E-state index in [1.165, 1.54) is 0 Å². The van der Waals surface area contributed by atoms with Crippen molar-refractivity contribution in [2.75, 3.05) is 37.7 Å². The van der Waals surface area contributed by atoms with Crippen LogP contribution in [0, 0.1) is 10.8 Å². The second-order valence-electron chi connectivity index (χ2n) is 5.90. The lowest BCUT2D eigenvalue weighted by molar-refractivity contribution is 0.414. The summed E-state index contributed by atoms with van der Waals surface area (Å²) in [5.41, 5.74) is 1.86. The second-order valence-corrected chi connectivity index (χ2v) is 8.11. The van der Waals surface area contributed by atoms with Gasteiger partial charge in [0, 0.05) is 61.3 Å². The molecular formula is C17H28N8O2S2. The summed E-state index contributed by atoms with van der Waals surface area (Å²) in [7, 11) is 0. The third-order valence-electron chi connectivity index (χ3n) is 3.54. The van der Waals surface area contributed by atoms with Gasteiger partial charge in [0.2, 0.25) is 0 Å². The molecule has 12 heteroatoms. The largest absolute Gasteiger partial charge is 0.364 e. The van der Waals surface area contributed by atoms with Crippen molar-refractivity contribution in [3.8, 4) is 0 Å². The van der Waals surface area contributed by atoms with Gasteiger partial charge in [0.25, 0.3) is 0 Å². The van der Waals surface area contributed by atoms with Gasteiger partial charge in [0.1, 0.15) is 12.5 Å². The molecule has 2 rings (SSSR count). The number of thioether (sulfide) groups is 2. The van der Waals surface area contributed by atoms with E-state index in [2.05, 4.69) is 31.6 Å². The summed E-state index contributed by atoms with van der Waals surface area (Å²) in [6.07, 6.45) is 3.96. The van der Waals surface area contributed by atoms with Crippen LogP contribution in [0.1, 0.15) is 17.8 Å². The molecule has 160 valence electrons. The molecule has 0 aromatic carbocycles. The number of nitrogens with one attached hydrogen (secondary N) is 6. The predicted octanol–water partition coefficient (Wildman–Crippen LogP) is 1.45. The number of rotatable bonds is 14. The summed E-state index contributed by atoms with van der Waals surface area (Å²) >= 11 is 3.48. The number of hydrogen-bond donors (Lipinski definition) is 6. The van der Waals surface area contributed by atoms with Gasteiger partial charge in [-0.3, -0.25) is 10.8 Å². The monoisotopic (exact) mass is 440 g/mol. The lowest BCUT2D eigenvalue weighted by Gasteiger charge is -2.12. The van der Waals surface area contributed by atoms with E-state index in [0.717, 1.165) is 53.9 Å². The van der Waals surface area contributed by atoms with E-state index < -0.39 is 0 Å². The fourth-order valence-electron chi connectivity index (χ4n) is 2.11. The van der Waals surface area contributed by atoms with Gasteiger partial charge < -0.3 is 30.3 Å². The van der Waals surface area contributed by atoms with E-state index in [9.17, 15) is 0 Å². The fraction of sp³-hybridized carbons (Fsp3) is 0.529. The van der Waals surface area contributed by atoms with Gasteiger partial charge in [-0.1, -0.05) is 10.3 Å². The highest BCUT2D eigenvalue weighted by atomic mass is 32.2. The topological polar surface area (TPSA) is 148 Å². The minimum atomic E-state index is 0.323. The molecule has 10 nitrogen and oxygen atoms in total. The highest BCUT2D eigenvalue weighted by molar-refractivity contribution is 7.98. The first-order valence-electron chi connectivity index (χ1n) is 9.30. The lowest BCUT2D eigenvalue weighted by atomic mass is 10.4. The van der Waals surface area contributed by atoms with Crippen LogP contribution in [0.25, 0.3) is 0 Å². The van der Waals surface area contributed by atoms with E-state index in [4.69, 9.17) is 19.9 Å². The fourth-order valence-corrected chi connectivity index (χ4v) is 3.61. The summed E-state index contributed by atoms with van der Waals surface area (Å²) in [6, 6.07) is 3.71. The maximum absolute atomic E-state index is 7.82. The van der Waals surface area contributed by atoms with Crippen molar-refractivity contribution in [1.82, 2.24) is 31.6 Å². The molecule has 2 heterocycles. The molecule has 0 amide bonds. The molecule has 0 aliphatic heterocycles. The van der Waals surface area contributed by atoms with Crippen molar-refractivity contribution in [1.29, 1.82) is 10.8 Å². The molecule has 6 N–H and O–H groups in total. The molecule has 0 unspecified atom stereocenters. The summed E-state index contributed by atoms with van der Waals surface area (Å²) in [5, 5.41) is 35.4. The van der Waals surface area contributed by atoms with Crippen molar-refractivity contribution in [3.63, 3.8) is 0 Å². The Bertz CT molecular complexity index is 623. The Labute approximate surface area is 178 Å². The summed E-state index contributed by atoms with van der Waals surface area (Å²) in [5.74, 6) is 4.04. The molecule has 0 aliphatic carbocycles. The van der Waals surface area contributed by atoms with Gasteiger partial charge in [-0.05, 0) is 6.42 Å². The number of nitrogens with zero attached hydrogens (tertiary/aromatic N) is 2. The average Bonchev–Trinajstić information content (AvgIpc) is 3.41. The van der Waals surface area contributed by atoms with Crippen molar-refractivity contribution >= 4 is 35.4 Å². The predicted molar refractivity (Wildman–Crippen MR) is 117 cm³/mol. The van der Waals surface area contributed by atoms with Crippen molar-refractivity contribution in [2.24, 2.45) is 0 Å². The first-order chi connectivity index (χ1) is 14.2. The summed E-state index contributed by atoms with van der Waals surface area (Å²) < 4.78 is 9.56. The lowest BCUT2D eigenvalue weighted by Crippen LogP contribution is -2.40. The standard InChI is InChI=1S/C17H28N8O2S2/c18-16(22-6-10-28-12-14-2-8-26-24-14)20-4-1-5-21-17(19)23-7-11-29-13-15-3-9-27-25-15/h2-3,8-9H,1,4-7,10-13H2,(H3,18,20,22)(H3,19,21,23). The first-order valence-corrected chi connectivity index (χ1v) is 11.6. The SMILES string of the molecule is N=C(NCCCNC(=N)NCCSCc1ccon1)NCCSCc1ccon1. The Balaban J connectivity index is 1.33. The van der Waals surface area contributed by atoms with Crippen molar-refractivity contribution in [2.45, 2.75) is 17.9 Å². The molecule has 0 spiro atoms. The smallest absolute Gasteiger partial charge is 0.188 e. The molecule has 0 saturated carbocycles. The molecule has 0 fully saturated rings. The van der Waals surface area contributed by atoms with Crippen LogP contribution in [0.3, 0.4) is 0 Å². The highest BCUT2D eigenvalue weighted by Gasteiger charge is 2.00. The van der Waals surface area contributed by atoms with Crippen LogP contribution >= 0.6 is 23.5 Å². The number of guanidine groups is 2. The molecule has 2 aromatic rings. The van der Waals surface area contributed by atoms with Crippen LogP contribution in [-0.2, 0) is 11.5 Å². The third kappa shape index (κ3) is 11.3. The Morgan fingerprint density at radius 2 is 1.21 bits per heavy atom. The van der Waals surface area contributed by atoms with Crippen LogP contribution in [0.15, 0.2) is 33.7 Å². The van der Waals surface area contributed by atoms with Gasteiger partial charge in [-0.15, -0.1) is 0 Å². The van der Waals surface area contributed by atoms with Crippen LogP contribution in [-0.4, -0.2) is 59.9 Å².